The van der Waals surface area contributed by atoms with Gasteiger partial charge in [0.15, 0.2) is 0 Å². The number of hydrogen-bond acceptors (Lipinski definition) is 5. The first-order chi connectivity index (χ1) is 11.3. The first-order valence-electron chi connectivity index (χ1n) is 7.12. The summed E-state index contributed by atoms with van der Waals surface area (Å²) < 4.78 is 0. The number of para-hydroxylation sites is 1. The molecular weight excluding hydrogens is 290 g/mol. The summed E-state index contributed by atoms with van der Waals surface area (Å²) in [4.78, 5) is 24.3. The van der Waals surface area contributed by atoms with Crippen LogP contribution in [0.5, 0.6) is 0 Å². The van der Waals surface area contributed by atoms with Crippen LogP contribution in [0, 0.1) is 0 Å². The normalized spacial score (nSPS) is 10.1. The van der Waals surface area contributed by atoms with E-state index in [0.717, 1.165) is 11.3 Å². The van der Waals surface area contributed by atoms with Gasteiger partial charge in [-0.25, -0.2) is 9.97 Å². The molecule has 2 aromatic heterocycles. The number of pyridine rings is 1. The molecule has 0 aliphatic rings. The molecule has 0 fully saturated rings. The van der Waals surface area contributed by atoms with Crippen LogP contribution < -0.4 is 10.6 Å². The molecule has 0 aliphatic heterocycles. The molecule has 0 saturated carbocycles. The minimum Gasteiger partial charge on any atom is -0.348 e. The monoisotopic (exact) mass is 305 g/mol. The number of carbonyl (C=O) groups excluding carboxylic acids is 1. The predicted octanol–water partition coefficient (Wildman–Crippen LogP) is 2.55. The second kappa shape index (κ2) is 7.13. The predicted molar refractivity (Wildman–Crippen MR) is 87.2 cm³/mol. The van der Waals surface area contributed by atoms with Crippen LogP contribution in [0.15, 0.2) is 67.3 Å². The highest BCUT2D eigenvalue weighted by molar-refractivity contribution is 5.93. The lowest BCUT2D eigenvalue weighted by molar-refractivity contribution is 0.0950. The second-order valence-corrected chi connectivity index (χ2v) is 4.82. The number of rotatable bonds is 5. The van der Waals surface area contributed by atoms with Crippen molar-refractivity contribution in [2.24, 2.45) is 0 Å². The van der Waals surface area contributed by atoms with E-state index in [0.29, 0.717) is 18.1 Å². The standard InChI is InChI=1S/C17H15N5O/c23-16(19-10-13-6-8-18-9-7-13)14-11-20-17(21-12-14)22-15-4-2-1-3-5-15/h1-9,11-12H,10H2,(H,19,23)(H,20,21,22). The Hall–Kier alpha value is -3.28. The van der Waals surface area contributed by atoms with Crippen LogP contribution in [-0.4, -0.2) is 20.9 Å². The minimum absolute atomic E-state index is 0.215. The zero-order valence-electron chi connectivity index (χ0n) is 12.3. The van der Waals surface area contributed by atoms with E-state index >= 15 is 0 Å². The van der Waals surface area contributed by atoms with E-state index in [-0.39, 0.29) is 5.91 Å². The second-order valence-electron chi connectivity index (χ2n) is 4.82. The van der Waals surface area contributed by atoms with Gasteiger partial charge in [-0.1, -0.05) is 18.2 Å². The maximum atomic E-state index is 12.1. The Morgan fingerprint density at radius 2 is 1.65 bits per heavy atom. The van der Waals surface area contributed by atoms with E-state index in [9.17, 15) is 4.79 Å². The molecule has 3 aromatic rings. The van der Waals surface area contributed by atoms with E-state index in [2.05, 4.69) is 25.6 Å². The van der Waals surface area contributed by atoms with Gasteiger partial charge >= 0.3 is 0 Å². The summed E-state index contributed by atoms with van der Waals surface area (Å²) in [5, 5.41) is 5.88. The Bertz CT molecular complexity index is 760. The fourth-order valence-corrected chi connectivity index (χ4v) is 1.95. The zero-order valence-corrected chi connectivity index (χ0v) is 12.3. The van der Waals surface area contributed by atoms with Gasteiger partial charge in [0.05, 0.1) is 5.56 Å². The molecular formula is C17H15N5O. The summed E-state index contributed by atoms with van der Waals surface area (Å²) in [5.41, 5.74) is 2.29. The molecule has 2 N–H and O–H groups in total. The number of carbonyl (C=O) groups is 1. The molecule has 2 heterocycles. The summed E-state index contributed by atoms with van der Waals surface area (Å²) in [6, 6.07) is 13.3. The van der Waals surface area contributed by atoms with Crippen LogP contribution in [0.1, 0.15) is 15.9 Å². The maximum Gasteiger partial charge on any atom is 0.254 e. The molecule has 0 unspecified atom stereocenters. The highest BCUT2D eigenvalue weighted by Crippen LogP contribution is 2.11. The van der Waals surface area contributed by atoms with E-state index in [4.69, 9.17) is 0 Å². The van der Waals surface area contributed by atoms with E-state index in [1.807, 2.05) is 42.5 Å². The zero-order chi connectivity index (χ0) is 15.9. The number of nitrogens with one attached hydrogen (secondary N) is 2. The summed E-state index contributed by atoms with van der Waals surface area (Å²) in [5.74, 6) is 0.231. The summed E-state index contributed by atoms with van der Waals surface area (Å²) in [7, 11) is 0. The first kappa shape index (κ1) is 14.6. The molecule has 114 valence electrons. The molecule has 1 amide bonds. The van der Waals surface area contributed by atoms with Gasteiger partial charge in [-0.2, -0.15) is 0 Å². The molecule has 0 saturated heterocycles. The molecule has 0 bridgehead atoms. The van der Waals surface area contributed by atoms with Crippen molar-refractivity contribution in [3.8, 4) is 0 Å². The molecule has 0 spiro atoms. The van der Waals surface area contributed by atoms with Crippen molar-refractivity contribution in [2.45, 2.75) is 6.54 Å². The number of nitrogens with zero attached hydrogens (tertiary/aromatic N) is 3. The third kappa shape index (κ3) is 4.10. The average molecular weight is 305 g/mol. The number of anilines is 2. The van der Waals surface area contributed by atoms with Crippen molar-refractivity contribution >= 4 is 17.5 Å². The van der Waals surface area contributed by atoms with Crippen LogP contribution in [0.25, 0.3) is 0 Å². The van der Waals surface area contributed by atoms with E-state index in [1.54, 1.807) is 12.4 Å². The molecule has 6 nitrogen and oxygen atoms in total. The van der Waals surface area contributed by atoms with Crippen LogP contribution >= 0.6 is 0 Å². The van der Waals surface area contributed by atoms with Gasteiger partial charge in [-0.15, -0.1) is 0 Å². The van der Waals surface area contributed by atoms with Gasteiger partial charge in [-0.05, 0) is 29.8 Å². The lowest BCUT2D eigenvalue weighted by Crippen LogP contribution is -2.23. The summed E-state index contributed by atoms with van der Waals surface area (Å²) in [6.07, 6.45) is 6.38. The van der Waals surface area contributed by atoms with Crippen molar-refractivity contribution in [3.63, 3.8) is 0 Å². The smallest absolute Gasteiger partial charge is 0.254 e. The average Bonchev–Trinajstić information content (AvgIpc) is 2.62. The topological polar surface area (TPSA) is 79.8 Å². The summed E-state index contributed by atoms with van der Waals surface area (Å²) >= 11 is 0. The van der Waals surface area contributed by atoms with Crippen LogP contribution in [0.4, 0.5) is 11.6 Å². The number of amides is 1. The highest BCUT2D eigenvalue weighted by Gasteiger charge is 2.07. The molecule has 23 heavy (non-hydrogen) atoms. The Kier molecular flexibility index (Phi) is 4.54. The molecule has 6 heteroatoms. The van der Waals surface area contributed by atoms with Gasteiger partial charge in [0.1, 0.15) is 0 Å². The number of aromatic nitrogens is 3. The van der Waals surface area contributed by atoms with Crippen LogP contribution in [0.3, 0.4) is 0 Å². The fourth-order valence-electron chi connectivity index (χ4n) is 1.95. The lowest BCUT2D eigenvalue weighted by Gasteiger charge is -2.06. The molecule has 0 atom stereocenters. The summed E-state index contributed by atoms with van der Waals surface area (Å²) in [6.45, 7) is 0.436. The van der Waals surface area contributed by atoms with Crippen LogP contribution in [-0.2, 0) is 6.54 Å². The van der Waals surface area contributed by atoms with Gasteiger partial charge in [0.2, 0.25) is 5.95 Å². The van der Waals surface area contributed by atoms with Crippen molar-refractivity contribution in [2.75, 3.05) is 5.32 Å². The largest absolute Gasteiger partial charge is 0.348 e. The lowest BCUT2D eigenvalue weighted by atomic mass is 10.2. The highest BCUT2D eigenvalue weighted by atomic mass is 16.1. The Morgan fingerprint density at radius 1 is 0.957 bits per heavy atom. The number of benzene rings is 1. The Labute approximate surface area is 133 Å². The van der Waals surface area contributed by atoms with Gasteiger partial charge < -0.3 is 10.6 Å². The molecule has 0 radical (unpaired) electrons. The molecule has 0 aliphatic carbocycles. The minimum atomic E-state index is -0.215. The van der Waals surface area contributed by atoms with Crippen molar-refractivity contribution in [1.29, 1.82) is 0 Å². The quantitative estimate of drug-likeness (QED) is 0.757. The van der Waals surface area contributed by atoms with Crippen molar-refractivity contribution in [3.05, 3.63) is 78.4 Å². The third-order valence-electron chi connectivity index (χ3n) is 3.15. The SMILES string of the molecule is O=C(NCc1ccncc1)c1cnc(Nc2ccccc2)nc1. The molecule has 1 aromatic carbocycles. The molecule has 3 rings (SSSR count). The van der Waals surface area contributed by atoms with Gasteiger partial charge in [0.25, 0.3) is 5.91 Å². The maximum absolute atomic E-state index is 12.1. The first-order valence-corrected chi connectivity index (χ1v) is 7.12. The van der Waals surface area contributed by atoms with Crippen molar-refractivity contribution in [1.82, 2.24) is 20.3 Å². The van der Waals surface area contributed by atoms with Crippen LogP contribution in [0.2, 0.25) is 0 Å². The Morgan fingerprint density at radius 3 is 2.35 bits per heavy atom. The number of hydrogen-bond donors (Lipinski definition) is 2. The van der Waals surface area contributed by atoms with Crippen molar-refractivity contribution < 1.29 is 4.79 Å². The van der Waals surface area contributed by atoms with E-state index < -0.39 is 0 Å². The fraction of sp³-hybridized carbons (Fsp3) is 0.0588. The van der Waals surface area contributed by atoms with Gasteiger partial charge in [-0.3, -0.25) is 9.78 Å². The third-order valence-corrected chi connectivity index (χ3v) is 3.15. The van der Waals surface area contributed by atoms with Gasteiger partial charge in [0, 0.05) is 37.0 Å². The Balaban J connectivity index is 1.59. The van der Waals surface area contributed by atoms with E-state index in [1.165, 1.54) is 12.4 Å².